The highest BCUT2D eigenvalue weighted by molar-refractivity contribution is 6.00. The Morgan fingerprint density at radius 1 is 1.11 bits per heavy atom. The Bertz CT molecular complexity index is 758. The van der Waals surface area contributed by atoms with Gasteiger partial charge in [0.1, 0.15) is 12.7 Å². The van der Waals surface area contributed by atoms with Crippen molar-refractivity contribution in [3.05, 3.63) is 17.7 Å². The predicted molar refractivity (Wildman–Crippen MR) is 101 cm³/mol. The Balaban J connectivity index is 1.10. The number of rotatable bonds is 4. The van der Waals surface area contributed by atoms with E-state index in [2.05, 4.69) is 16.2 Å². The molecule has 27 heavy (non-hydrogen) atoms. The number of hydrogen-bond acceptors (Lipinski definition) is 5. The zero-order valence-electron chi connectivity index (χ0n) is 15.6. The van der Waals surface area contributed by atoms with Gasteiger partial charge in [-0.1, -0.05) is 0 Å². The van der Waals surface area contributed by atoms with Gasteiger partial charge in [-0.2, -0.15) is 0 Å². The van der Waals surface area contributed by atoms with Crippen molar-refractivity contribution in [1.29, 1.82) is 0 Å². The number of hydrazine groups is 1. The summed E-state index contributed by atoms with van der Waals surface area (Å²) in [6.07, 6.45) is 8.63. The first-order chi connectivity index (χ1) is 13.2. The van der Waals surface area contributed by atoms with Crippen molar-refractivity contribution in [1.82, 2.24) is 10.9 Å². The lowest BCUT2D eigenvalue weighted by molar-refractivity contribution is -0.115. The van der Waals surface area contributed by atoms with Gasteiger partial charge in [-0.05, 0) is 68.4 Å². The van der Waals surface area contributed by atoms with E-state index in [4.69, 9.17) is 9.47 Å². The van der Waals surface area contributed by atoms with Gasteiger partial charge < -0.3 is 14.8 Å². The highest BCUT2D eigenvalue weighted by atomic mass is 16.6. The molecule has 144 valence electrons. The van der Waals surface area contributed by atoms with Crippen LogP contribution < -0.4 is 25.6 Å². The highest BCUT2D eigenvalue weighted by Gasteiger charge is 2.50. The normalized spacial score (nSPS) is 38.0. The number of carbonyl (C=O) groups is 1. The molecule has 6 heteroatoms. The third-order valence-electron chi connectivity index (χ3n) is 7.27. The van der Waals surface area contributed by atoms with Gasteiger partial charge in [0, 0.05) is 16.8 Å². The smallest absolute Gasteiger partial charge is 0.229 e. The number of nitrogens with one attached hydrogen (secondary N) is 3. The second-order valence-electron chi connectivity index (χ2n) is 9.40. The molecule has 1 aromatic rings. The second kappa shape index (κ2) is 5.85. The van der Waals surface area contributed by atoms with Crippen LogP contribution in [-0.4, -0.2) is 30.7 Å². The molecule has 1 unspecified atom stereocenters. The zero-order chi connectivity index (χ0) is 18.0. The first-order valence-electron chi connectivity index (χ1n) is 10.4. The highest BCUT2D eigenvalue weighted by Crippen LogP contribution is 2.55. The SMILES string of the molecule is O=C1Cc2c(ccc3c2OC(CNNC24CC5CC(CC(C5)C2)C4)CO3)N1. The Hall–Kier alpha value is -1.79. The zero-order valence-corrected chi connectivity index (χ0v) is 15.6. The van der Waals surface area contributed by atoms with Gasteiger partial charge in [0.25, 0.3) is 0 Å². The van der Waals surface area contributed by atoms with E-state index in [1.807, 2.05) is 12.1 Å². The summed E-state index contributed by atoms with van der Waals surface area (Å²) in [6, 6.07) is 3.78. The van der Waals surface area contributed by atoms with Crippen LogP contribution in [0.25, 0.3) is 0 Å². The topological polar surface area (TPSA) is 71.6 Å². The van der Waals surface area contributed by atoms with E-state index in [-0.39, 0.29) is 12.0 Å². The van der Waals surface area contributed by atoms with Crippen LogP contribution in [0.4, 0.5) is 5.69 Å². The van der Waals surface area contributed by atoms with Crippen LogP contribution in [0.5, 0.6) is 11.5 Å². The van der Waals surface area contributed by atoms with Gasteiger partial charge in [-0.15, -0.1) is 0 Å². The molecule has 4 aliphatic carbocycles. The fourth-order valence-corrected chi connectivity index (χ4v) is 6.60. The van der Waals surface area contributed by atoms with Crippen molar-refractivity contribution in [2.75, 3.05) is 18.5 Å². The molecule has 0 spiro atoms. The Morgan fingerprint density at radius 2 is 1.85 bits per heavy atom. The fraction of sp³-hybridized carbons (Fsp3) is 0.667. The Labute approximate surface area is 159 Å². The minimum atomic E-state index is -0.0545. The number of fused-ring (bicyclic) bond motifs is 3. The number of carbonyl (C=O) groups excluding carboxylic acids is 1. The number of amides is 1. The summed E-state index contributed by atoms with van der Waals surface area (Å²) in [4.78, 5) is 11.7. The molecule has 1 amide bonds. The lowest BCUT2D eigenvalue weighted by atomic mass is 9.53. The van der Waals surface area contributed by atoms with Crippen LogP contribution in [0.3, 0.4) is 0 Å². The summed E-state index contributed by atoms with van der Waals surface area (Å²) in [7, 11) is 0. The third-order valence-corrected chi connectivity index (χ3v) is 7.27. The molecule has 6 nitrogen and oxygen atoms in total. The van der Waals surface area contributed by atoms with Crippen LogP contribution in [0.1, 0.15) is 44.1 Å². The van der Waals surface area contributed by atoms with E-state index in [1.54, 1.807) is 0 Å². The average molecular weight is 369 g/mol. The molecule has 4 saturated carbocycles. The molecule has 4 bridgehead atoms. The van der Waals surface area contributed by atoms with Gasteiger partial charge in [0.2, 0.25) is 5.91 Å². The van der Waals surface area contributed by atoms with Crippen molar-refractivity contribution in [2.24, 2.45) is 17.8 Å². The van der Waals surface area contributed by atoms with E-state index in [1.165, 1.54) is 38.5 Å². The van der Waals surface area contributed by atoms with E-state index < -0.39 is 0 Å². The Kier molecular flexibility index (Phi) is 3.51. The molecule has 0 aromatic heterocycles. The molecule has 0 radical (unpaired) electrons. The second-order valence-corrected chi connectivity index (χ2v) is 9.40. The minimum absolute atomic E-state index is 0.0192. The predicted octanol–water partition coefficient (Wildman–Crippen LogP) is 2.38. The molecule has 1 atom stereocenters. The minimum Gasteiger partial charge on any atom is -0.486 e. The van der Waals surface area contributed by atoms with Gasteiger partial charge in [-0.3, -0.25) is 15.6 Å². The van der Waals surface area contributed by atoms with E-state index >= 15 is 0 Å². The van der Waals surface area contributed by atoms with Crippen LogP contribution in [0.2, 0.25) is 0 Å². The van der Waals surface area contributed by atoms with E-state index in [9.17, 15) is 4.79 Å². The van der Waals surface area contributed by atoms with Gasteiger partial charge in [0.05, 0.1) is 13.0 Å². The number of ether oxygens (including phenoxy) is 2. The molecule has 2 aliphatic heterocycles. The molecular weight excluding hydrogens is 342 g/mol. The van der Waals surface area contributed by atoms with Crippen molar-refractivity contribution >= 4 is 11.6 Å². The molecule has 1 aromatic carbocycles. The van der Waals surface area contributed by atoms with Gasteiger partial charge in [-0.25, -0.2) is 0 Å². The van der Waals surface area contributed by atoms with E-state index in [0.29, 0.717) is 25.1 Å². The summed E-state index contributed by atoms with van der Waals surface area (Å²) in [6.45, 7) is 1.23. The number of hydrogen-bond donors (Lipinski definition) is 3. The summed E-state index contributed by atoms with van der Waals surface area (Å²) in [5.41, 5.74) is 9.26. The number of benzene rings is 1. The molecule has 7 rings (SSSR count). The quantitative estimate of drug-likeness (QED) is 0.711. The average Bonchev–Trinajstić information content (AvgIpc) is 3.01. The molecule has 2 heterocycles. The Morgan fingerprint density at radius 3 is 2.59 bits per heavy atom. The molecule has 6 aliphatic rings. The maximum absolute atomic E-state index is 11.7. The fourth-order valence-electron chi connectivity index (χ4n) is 6.60. The molecule has 0 saturated heterocycles. The van der Waals surface area contributed by atoms with E-state index in [0.717, 1.165) is 40.5 Å². The van der Waals surface area contributed by atoms with Crippen molar-refractivity contribution in [3.63, 3.8) is 0 Å². The first-order valence-corrected chi connectivity index (χ1v) is 10.4. The van der Waals surface area contributed by atoms with Gasteiger partial charge in [0.15, 0.2) is 11.5 Å². The van der Waals surface area contributed by atoms with Crippen LogP contribution in [0, 0.1) is 17.8 Å². The summed E-state index contributed by atoms with van der Waals surface area (Å²) in [5.74, 6) is 4.29. The molecule has 3 N–H and O–H groups in total. The maximum atomic E-state index is 11.7. The lowest BCUT2D eigenvalue weighted by Gasteiger charge is -2.57. The first kappa shape index (κ1) is 16.2. The maximum Gasteiger partial charge on any atom is 0.229 e. The van der Waals surface area contributed by atoms with Crippen LogP contribution >= 0.6 is 0 Å². The van der Waals surface area contributed by atoms with Crippen molar-refractivity contribution < 1.29 is 14.3 Å². The van der Waals surface area contributed by atoms with Crippen molar-refractivity contribution in [2.45, 2.75) is 56.6 Å². The summed E-state index contributed by atoms with van der Waals surface area (Å²) < 4.78 is 12.1. The van der Waals surface area contributed by atoms with Gasteiger partial charge >= 0.3 is 0 Å². The molecular formula is C21H27N3O3. The van der Waals surface area contributed by atoms with Crippen molar-refractivity contribution in [3.8, 4) is 11.5 Å². The third kappa shape index (κ3) is 2.72. The summed E-state index contributed by atoms with van der Waals surface area (Å²) in [5, 5.41) is 2.88. The van der Waals surface area contributed by atoms with Crippen LogP contribution in [-0.2, 0) is 11.2 Å². The standard InChI is InChI=1S/C21H27N3O3/c25-19-6-16-17(23-19)1-2-18-20(16)27-15(11-26-18)10-22-24-21-7-12-3-13(8-21)5-14(4-12)9-21/h1-2,12-15,22,24H,3-11H2,(H,23,25). The monoisotopic (exact) mass is 369 g/mol. The molecule has 4 fully saturated rings. The summed E-state index contributed by atoms with van der Waals surface area (Å²) >= 11 is 0. The number of anilines is 1. The van der Waals surface area contributed by atoms with Crippen LogP contribution in [0.15, 0.2) is 12.1 Å². The largest absolute Gasteiger partial charge is 0.486 e. The lowest BCUT2D eigenvalue weighted by Crippen LogP contribution is -2.63.